The van der Waals surface area contributed by atoms with Crippen molar-refractivity contribution in [2.24, 2.45) is 0 Å². The van der Waals surface area contributed by atoms with Crippen LogP contribution in [-0.2, 0) is 11.8 Å². The average molecular weight is 301 g/mol. The van der Waals surface area contributed by atoms with Crippen LogP contribution in [0.5, 0.6) is 11.5 Å². The maximum Gasteiger partial charge on any atom is 0.165 e. The van der Waals surface area contributed by atoms with Gasteiger partial charge in [-0.1, -0.05) is 6.07 Å². The maximum absolute atomic E-state index is 11.8. The number of ether oxygens (including phenoxy) is 2. The minimum Gasteiger partial charge on any atom is -0.493 e. The van der Waals surface area contributed by atoms with Crippen molar-refractivity contribution in [3.05, 3.63) is 23.3 Å². The van der Waals surface area contributed by atoms with Gasteiger partial charge in [0.2, 0.25) is 0 Å². The Kier molecular flexibility index (Phi) is 2.39. The molecule has 22 heavy (non-hydrogen) atoms. The summed E-state index contributed by atoms with van der Waals surface area (Å²) in [4.78, 5) is 2.36. The lowest BCUT2D eigenvalue weighted by atomic mass is 9.49. The molecular weight excluding hydrogens is 278 g/mol. The number of rotatable bonds is 1. The van der Waals surface area contributed by atoms with E-state index in [1.54, 1.807) is 7.11 Å². The van der Waals surface area contributed by atoms with Gasteiger partial charge in [-0.05, 0) is 57.3 Å². The van der Waals surface area contributed by atoms with E-state index in [-0.39, 0.29) is 17.6 Å². The third kappa shape index (κ3) is 1.21. The van der Waals surface area contributed by atoms with Crippen LogP contribution in [-0.4, -0.2) is 48.5 Å². The van der Waals surface area contributed by atoms with E-state index in [0.29, 0.717) is 0 Å². The smallest absolute Gasteiger partial charge is 0.165 e. The number of hydrogen-bond acceptors (Lipinski definition) is 4. The van der Waals surface area contributed by atoms with Crippen LogP contribution in [0.15, 0.2) is 12.1 Å². The van der Waals surface area contributed by atoms with Crippen molar-refractivity contribution in [3.8, 4) is 11.5 Å². The van der Waals surface area contributed by atoms with Gasteiger partial charge in [0.1, 0.15) is 6.10 Å². The highest BCUT2D eigenvalue weighted by Gasteiger charge is 2.70. The fourth-order valence-electron chi connectivity index (χ4n) is 5.90. The minimum atomic E-state index is -0.659. The summed E-state index contributed by atoms with van der Waals surface area (Å²) < 4.78 is 11.9. The molecule has 0 amide bonds. The van der Waals surface area contributed by atoms with Gasteiger partial charge in [-0.15, -0.1) is 0 Å². The van der Waals surface area contributed by atoms with Gasteiger partial charge in [-0.25, -0.2) is 0 Å². The van der Waals surface area contributed by atoms with Crippen LogP contribution in [0.3, 0.4) is 0 Å². The van der Waals surface area contributed by atoms with E-state index in [9.17, 15) is 5.11 Å². The monoisotopic (exact) mass is 301 g/mol. The molecule has 1 aromatic rings. The number of aliphatic hydroxyl groups is 1. The van der Waals surface area contributed by atoms with Gasteiger partial charge in [-0.3, -0.25) is 0 Å². The summed E-state index contributed by atoms with van der Waals surface area (Å²) in [5.74, 6) is 1.73. The number of likely N-dealkylation sites (N-methyl/N-ethyl adjacent to an activating group) is 1. The molecule has 2 heterocycles. The van der Waals surface area contributed by atoms with Crippen molar-refractivity contribution >= 4 is 0 Å². The quantitative estimate of drug-likeness (QED) is 0.860. The Bertz CT molecular complexity index is 660. The number of likely N-dealkylation sites (tertiary alicyclic amines) is 1. The summed E-state index contributed by atoms with van der Waals surface area (Å²) in [5.41, 5.74) is 1.73. The predicted octanol–water partition coefficient (Wildman–Crippen LogP) is 1.87. The molecule has 118 valence electrons. The summed E-state index contributed by atoms with van der Waals surface area (Å²) in [6.45, 7) is 1.03. The van der Waals surface area contributed by atoms with E-state index in [2.05, 4.69) is 18.0 Å². The maximum atomic E-state index is 11.8. The Morgan fingerprint density at radius 2 is 2.23 bits per heavy atom. The summed E-state index contributed by atoms with van der Waals surface area (Å²) in [6.07, 6.45) is 4.96. The zero-order chi connectivity index (χ0) is 15.1. The SMILES string of the molecule is COc1ccc2c3c1OC1CCC[C@]4(O)[C@H](C2)N(C)CCC314. The van der Waals surface area contributed by atoms with Crippen LogP contribution in [0.1, 0.15) is 36.8 Å². The van der Waals surface area contributed by atoms with Crippen molar-refractivity contribution < 1.29 is 14.6 Å². The highest BCUT2D eigenvalue weighted by Crippen LogP contribution is 2.65. The number of piperidine rings is 1. The molecule has 2 unspecified atom stereocenters. The first kappa shape index (κ1) is 13.2. The number of nitrogens with zero attached hydrogens (tertiary/aromatic N) is 1. The fourth-order valence-corrected chi connectivity index (χ4v) is 5.90. The molecule has 1 spiro atoms. The van der Waals surface area contributed by atoms with Gasteiger partial charge in [-0.2, -0.15) is 0 Å². The van der Waals surface area contributed by atoms with Crippen LogP contribution in [0.2, 0.25) is 0 Å². The Morgan fingerprint density at radius 3 is 3.05 bits per heavy atom. The van der Waals surface area contributed by atoms with Crippen molar-refractivity contribution in [1.29, 1.82) is 0 Å². The molecule has 2 aliphatic carbocycles. The van der Waals surface area contributed by atoms with E-state index in [1.807, 2.05) is 6.07 Å². The van der Waals surface area contributed by atoms with E-state index >= 15 is 0 Å². The second-order valence-electron chi connectivity index (χ2n) is 7.48. The Hall–Kier alpha value is -1.26. The first-order chi connectivity index (χ1) is 10.6. The molecule has 2 fully saturated rings. The van der Waals surface area contributed by atoms with Gasteiger partial charge in [0, 0.05) is 11.6 Å². The predicted molar refractivity (Wildman–Crippen MR) is 82.6 cm³/mol. The van der Waals surface area contributed by atoms with E-state index in [0.717, 1.165) is 50.1 Å². The third-order valence-electron chi connectivity index (χ3n) is 6.84. The van der Waals surface area contributed by atoms with Crippen molar-refractivity contribution in [3.63, 3.8) is 0 Å². The largest absolute Gasteiger partial charge is 0.493 e. The fraction of sp³-hybridized carbons (Fsp3) is 0.667. The summed E-state index contributed by atoms with van der Waals surface area (Å²) >= 11 is 0. The van der Waals surface area contributed by atoms with Crippen molar-refractivity contribution in [1.82, 2.24) is 4.90 Å². The highest BCUT2D eigenvalue weighted by molar-refractivity contribution is 5.62. The van der Waals surface area contributed by atoms with Gasteiger partial charge < -0.3 is 19.5 Å². The van der Waals surface area contributed by atoms with Crippen LogP contribution in [0.4, 0.5) is 0 Å². The van der Waals surface area contributed by atoms with Crippen molar-refractivity contribution in [2.45, 2.75) is 55.3 Å². The van der Waals surface area contributed by atoms with Crippen LogP contribution < -0.4 is 9.47 Å². The van der Waals surface area contributed by atoms with Crippen LogP contribution >= 0.6 is 0 Å². The number of hydrogen-bond donors (Lipinski definition) is 1. The van der Waals surface area contributed by atoms with Gasteiger partial charge in [0.25, 0.3) is 0 Å². The van der Waals surface area contributed by atoms with E-state index in [1.165, 1.54) is 11.1 Å². The third-order valence-corrected chi connectivity index (χ3v) is 6.84. The molecule has 0 radical (unpaired) electrons. The molecular formula is C18H23NO3. The minimum absolute atomic E-state index is 0.104. The molecule has 0 aromatic heterocycles. The Morgan fingerprint density at radius 1 is 1.36 bits per heavy atom. The lowest BCUT2D eigenvalue weighted by Gasteiger charge is -2.62. The normalized spacial score (nSPS) is 41.8. The van der Waals surface area contributed by atoms with Gasteiger partial charge in [0.05, 0.1) is 18.1 Å². The Labute approximate surface area is 131 Å². The number of methoxy groups -OCH3 is 1. The molecule has 2 aliphatic heterocycles. The molecule has 1 N–H and O–H groups in total. The molecule has 4 aliphatic rings. The second kappa shape index (κ2) is 3.98. The molecule has 4 nitrogen and oxygen atoms in total. The highest BCUT2D eigenvalue weighted by atomic mass is 16.5. The summed E-state index contributed by atoms with van der Waals surface area (Å²) in [5, 5.41) is 11.8. The molecule has 5 rings (SSSR count). The number of benzene rings is 1. The van der Waals surface area contributed by atoms with E-state index in [4.69, 9.17) is 9.47 Å². The zero-order valence-corrected chi connectivity index (χ0v) is 13.3. The summed E-state index contributed by atoms with van der Waals surface area (Å²) in [7, 11) is 3.86. The van der Waals surface area contributed by atoms with Gasteiger partial charge >= 0.3 is 0 Å². The average Bonchev–Trinajstić information content (AvgIpc) is 2.85. The molecule has 1 aromatic carbocycles. The first-order valence-electron chi connectivity index (χ1n) is 8.41. The topological polar surface area (TPSA) is 41.9 Å². The molecule has 2 bridgehead atoms. The van der Waals surface area contributed by atoms with E-state index < -0.39 is 5.60 Å². The summed E-state index contributed by atoms with van der Waals surface area (Å²) in [6, 6.07) is 4.42. The molecule has 1 saturated carbocycles. The lowest BCUT2D eigenvalue weighted by molar-refractivity contribution is -0.180. The van der Waals surface area contributed by atoms with Crippen LogP contribution in [0, 0.1) is 0 Å². The van der Waals surface area contributed by atoms with Crippen LogP contribution in [0.25, 0.3) is 0 Å². The van der Waals surface area contributed by atoms with Gasteiger partial charge in [0.15, 0.2) is 11.5 Å². The molecule has 4 atom stereocenters. The first-order valence-corrected chi connectivity index (χ1v) is 8.41. The second-order valence-corrected chi connectivity index (χ2v) is 7.48. The zero-order valence-electron chi connectivity index (χ0n) is 13.3. The lowest BCUT2D eigenvalue weighted by Crippen LogP contribution is -2.74. The molecule has 1 saturated heterocycles. The molecule has 4 heteroatoms. The standard InChI is InChI=1S/C18H23NO3/c1-19-9-8-17-14-4-3-7-18(17,20)13(19)10-11-5-6-12(21-2)16(22-14)15(11)17/h5-6,13-14,20H,3-4,7-10H2,1-2H3/t13-,14?,17?,18-/m0/s1. The Balaban J connectivity index is 1.84. The van der Waals surface area contributed by atoms with Crippen molar-refractivity contribution in [2.75, 3.05) is 20.7 Å².